The van der Waals surface area contributed by atoms with Crippen molar-refractivity contribution >= 4 is 23.7 Å². The fourth-order valence-corrected chi connectivity index (χ4v) is 8.69. The molecule has 46 heavy (non-hydrogen) atoms. The zero-order valence-corrected chi connectivity index (χ0v) is 26.7. The minimum absolute atomic E-state index is 0.123. The van der Waals surface area contributed by atoms with Crippen LogP contribution in [-0.2, 0) is 23.8 Å². The van der Waals surface area contributed by atoms with Gasteiger partial charge in [0, 0.05) is 29.1 Å². The molecule has 0 spiro atoms. The summed E-state index contributed by atoms with van der Waals surface area (Å²) in [7, 11) is 0. The van der Waals surface area contributed by atoms with Crippen LogP contribution in [0.3, 0.4) is 0 Å². The molecule has 5 rings (SSSR count). The lowest BCUT2D eigenvalue weighted by molar-refractivity contribution is -0.312. The minimum Gasteiger partial charge on any atom is -0.455 e. The number of benzene rings is 2. The SMILES string of the molecule is C=C[C@@]1(C)C[C@@H](O)[C@@H]2[C@](O)(C1=O)[C@H](O)C[C@H]1C(C)(C)[C@H](OC(=O)c3ccccc3)[C@H](OC(C)=O)[C@@H](OC(=O)c3ccccc3)[C@@]21C. The van der Waals surface area contributed by atoms with E-state index in [9.17, 15) is 34.5 Å². The average Bonchev–Trinajstić information content (AvgIpc) is 3.02. The highest BCUT2D eigenvalue weighted by Gasteiger charge is 2.77. The number of hydrogen-bond donors (Lipinski definition) is 3. The molecule has 3 fully saturated rings. The number of aliphatic hydroxyl groups is 3. The van der Waals surface area contributed by atoms with Gasteiger partial charge in [0.1, 0.15) is 12.2 Å². The molecular weight excluding hydrogens is 592 g/mol. The molecule has 0 bridgehead atoms. The molecule has 0 heterocycles. The van der Waals surface area contributed by atoms with Crippen LogP contribution in [-0.4, -0.2) is 75.1 Å². The first kappa shape index (κ1) is 33.5. The van der Waals surface area contributed by atoms with Gasteiger partial charge in [-0.15, -0.1) is 6.58 Å². The van der Waals surface area contributed by atoms with Gasteiger partial charge in [-0.2, -0.15) is 0 Å². The maximum absolute atomic E-state index is 14.1. The lowest BCUT2D eigenvalue weighted by Crippen LogP contribution is -2.80. The Morgan fingerprint density at radius 3 is 1.83 bits per heavy atom. The Morgan fingerprint density at radius 2 is 1.35 bits per heavy atom. The number of rotatable bonds is 6. The Labute approximate surface area is 268 Å². The van der Waals surface area contributed by atoms with Gasteiger partial charge in [-0.3, -0.25) is 9.59 Å². The molecule has 10 heteroatoms. The maximum Gasteiger partial charge on any atom is 0.338 e. The normalized spacial score (nSPS) is 38.0. The summed E-state index contributed by atoms with van der Waals surface area (Å²) in [6.45, 7) is 11.7. The topological polar surface area (TPSA) is 157 Å². The van der Waals surface area contributed by atoms with Gasteiger partial charge in [0.2, 0.25) is 0 Å². The Morgan fingerprint density at radius 1 is 0.848 bits per heavy atom. The van der Waals surface area contributed by atoms with Crippen LogP contribution < -0.4 is 0 Å². The molecule has 0 unspecified atom stereocenters. The van der Waals surface area contributed by atoms with E-state index in [1.165, 1.54) is 25.1 Å². The van der Waals surface area contributed by atoms with E-state index in [1.54, 1.807) is 76.2 Å². The van der Waals surface area contributed by atoms with E-state index in [0.29, 0.717) is 0 Å². The molecule has 10 atom stereocenters. The van der Waals surface area contributed by atoms with Crippen molar-refractivity contribution in [3.8, 4) is 0 Å². The van der Waals surface area contributed by atoms with Crippen LogP contribution in [0.1, 0.15) is 68.2 Å². The Balaban J connectivity index is 1.72. The van der Waals surface area contributed by atoms with Crippen LogP contribution in [0, 0.1) is 28.1 Å². The second-order valence-electron chi connectivity index (χ2n) is 14.0. The molecule has 3 N–H and O–H groups in total. The summed E-state index contributed by atoms with van der Waals surface area (Å²) in [5, 5.41) is 35.8. The van der Waals surface area contributed by atoms with Crippen molar-refractivity contribution in [3.63, 3.8) is 0 Å². The van der Waals surface area contributed by atoms with E-state index in [1.807, 2.05) is 0 Å². The van der Waals surface area contributed by atoms with E-state index < -0.39 is 87.9 Å². The van der Waals surface area contributed by atoms with Gasteiger partial charge >= 0.3 is 17.9 Å². The van der Waals surface area contributed by atoms with Gasteiger partial charge in [-0.1, -0.05) is 63.2 Å². The van der Waals surface area contributed by atoms with Crippen molar-refractivity contribution in [2.45, 2.75) is 83.6 Å². The number of allylic oxidation sites excluding steroid dienone is 1. The predicted molar refractivity (Wildman–Crippen MR) is 165 cm³/mol. The summed E-state index contributed by atoms with van der Waals surface area (Å²) >= 11 is 0. The van der Waals surface area contributed by atoms with Crippen LogP contribution in [0.15, 0.2) is 73.3 Å². The summed E-state index contributed by atoms with van der Waals surface area (Å²) in [5.41, 5.74) is -6.06. The number of carbonyl (C=O) groups excluding carboxylic acids is 4. The molecule has 0 saturated heterocycles. The third kappa shape index (κ3) is 5.07. The minimum atomic E-state index is -2.48. The Kier molecular flexibility index (Phi) is 8.55. The molecule has 0 amide bonds. The first-order chi connectivity index (χ1) is 21.5. The second kappa shape index (κ2) is 11.7. The summed E-state index contributed by atoms with van der Waals surface area (Å²) in [5.74, 6) is -5.11. The molecule has 2 aromatic rings. The van der Waals surface area contributed by atoms with Gasteiger partial charge in [-0.05, 0) is 49.9 Å². The summed E-state index contributed by atoms with van der Waals surface area (Å²) < 4.78 is 18.2. The summed E-state index contributed by atoms with van der Waals surface area (Å²) in [6.07, 6.45) is -6.08. The smallest absolute Gasteiger partial charge is 0.338 e. The van der Waals surface area contributed by atoms with Crippen molar-refractivity contribution in [2.75, 3.05) is 0 Å². The number of fused-ring (bicyclic) bond motifs is 3. The number of carbonyl (C=O) groups is 4. The van der Waals surface area contributed by atoms with Crippen molar-refractivity contribution in [1.82, 2.24) is 0 Å². The molecule has 246 valence electrons. The highest BCUT2D eigenvalue weighted by atomic mass is 16.6. The maximum atomic E-state index is 14.1. The van der Waals surface area contributed by atoms with Gasteiger partial charge < -0.3 is 29.5 Å². The molecule has 3 aliphatic rings. The number of hydrogen-bond acceptors (Lipinski definition) is 10. The van der Waals surface area contributed by atoms with Crippen molar-refractivity contribution in [1.29, 1.82) is 0 Å². The van der Waals surface area contributed by atoms with Crippen LogP contribution >= 0.6 is 0 Å². The molecule has 10 nitrogen and oxygen atoms in total. The third-order valence-electron chi connectivity index (χ3n) is 10.8. The predicted octanol–water partition coefficient (Wildman–Crippen LogP) is 3.67. The number of Topliss-reactive ketones (excluding diaryl/α,β-unsaturated/α-hetero) is 1. The fourth-order valence-electron chi connectivity index (χ4n) is 8.69. The number of ketones is 1. The molecule has 3 aliphatic carbocycles. The van der Waals surface area contributed by atoms with E-state index >= 15 is 0 Å². The van der Waals surface area contributed by atoms with Gasteiger partial charge in [0.25, 0.3) is 0 Å². The van der Waals surface area contributed by atoms with Gasteiger partial charge in [0.15, 0.2) is 17.5 Å². The molecule has 0 aromatic heterocycles. The Bertz CT molecular complexity index is 1520. The first-order valence-corrected chi connectivity index (χ1v) is 15.5. The molecule has 0 aliphatic heterocycles. The van der Waals surface area contributed by atoms with Crippen molar-refractivity contribution in [2.24, 2.45) is 28.1 Å². The summed E-state index contributed by atoms with van der Waals surface area (Å²) in [6, 6.07) is 16.3. The molecule has 2 aromatic carbocycles. The van der Waals surface area contributed by atoms with E-state index in [0.717, 1.165) is 0 Å². The fraction of sp³-hybridized carbons (Fsp3) is 0.500. The summed E-state index contributed by atoms with van der Waals surface area (Å²) in [4.78, 5) is 54.1. The average molecular weight is 635 g/mol. The lowest BCUT2D eigenvalue weighted by atomic mass is 9.39. The van der Waals surface area contributed by atoms with Crippen LogP contribution in [0.25, 0.3) is 0 Å². The number of aliphatic hydroxyl groups excluding tert-OH is 2. The first-order valence-electron chi connectivity index (χ1n) is 15.5. The van der Waals surface area contributed by atoms with E-state index in [2.05, 4.69) is 6.58 Å². The van der Waals surface area contributed by atoms with E-state index in [4.69, 9.17) is 14.2 Å². The number of esters is 3. The quantitative estimate of drug-likeness (QED) is 0.243. The van der Waals surface area contributed by atoms with Crippen LogP contribution in [0.5, 0.6) is 0 Å². The zero-order chi connectivity index (χ0) is 33.8. The third-order valence-corrected chi connectivity index (χ3v) is 10.8. The standard InChI is InChI=1S/C36H42O10/c1-7-34(5)19-23(38)27-35(6)24(18-25(39)36(27,43)32(34)42)33(3,4)28(45-30(40)21-14-10-8-11-15-21)26(44-20(2)37)29(35)46-31(41)22-16-12-9-13-17-22/h7-17,23-29,38-39,43H,1,18-19H2,2-6H3/t23-,24+,25-,26+,27+,28-,29-,34+,35-,36+/m1/s1. The molecule has 3 saturated carbocycles. The monoisotopic (exact) mass is 634 g/mol. The van der Waals surface area contributed by atoms with Crippen LogP contribution in [0.4, 0.5) is 0 Å². The second-order valence-corrected chi connectivity index (χ2v) is 14.0. The Hall–Kier alpha value is -3.86. The highest BCUT2D eigenvalue weighted by molar-refractivity contribution is 5.96. The highest BCUT2D eigenvalue weighted by Crippen LogP contribution is 2.67. The zero-order valence-electron chi connectivity index (χ0n) is 26.7. The van der Waals surface area contributed by atoms with Crippen molar-refractivity contribution < 1.29 is 48.7 Å². The largest absolute Gasteiger partial charge is 0.455 e. The van der Waals surface area contributed by atoms with E-state index in [-0.39, 0.29) is 24.0 Å². The number of ether oxygens (including phenoxy) is 3. The molecule has 0 radical (unpaired) electrons. The van der Waals surface area contributed by atoms with Crippen LogP contribution in [0.2, 0.25) is 0 Å². The van der Waals surface area contributed by atoms with Crippen molar-refractivity contribution in [3.05, 3.63) is 84.4 Å². The molecular formula is C36H42O10. The van der Waals surface area contributed by atoms with Gasteiger partial charge in [0.05, 0.1) is 23.3 Å². The van der Waals surface area contributed by atoms with Gasteiger partial charge in [-0.25, -0.2) is 9.59 Å². The lowest BCUT2D eigenvalue weighted by Gasteiger charge is -2.68.